The molecule has 0 saturated carbocycles. The van der Waals surface area contributed by atoms with Gasteiger partial charge >= 0.3 is 0 Å². The molecule has 0 aliphatic carbocycles. The third-order valence-corrected chi connectivity index (χ3v) is 3.06. The van der Waals surface area contributed by atoms with E-state index in [-0.39, 0.29) is 12.8 Å². The van der Waals surface area contributed by atoms with Gasteiger partial charge in [0.25, 0.3) is 11.8 Å². The number of aliphatic hydroxyl groups excluding tert-OH is 4. The number of nitrogens with zero attached hydrogens (tertiary/aromatic N) is 1. The number of aliphatic hydroxyl groups is 4. The van der Waals surface area contributed by atoms with Gasteiger partial charge in [-0.05, 0) is 0 Å². The van der Waals surface area contributed by atoms with Crippen LogP contribution in [-0.4, -0.2) is 74.6 Å². The number of hydrogen-bond acceptors (Lipinski definition) is 8. The van der Waals surface area contributed by atoms with Gasteiger partial charge in [-0.25, -0.2) is 4.84 Å². The van der Waals surface area contributed by atoms with E-state index in [9.17, 15) is 24.9 Å². The lowest BCUT2D eigenvalue weighted by Crippen LogP contribution is -2.60. The van der Waals surface area contributed by atoms with E-state index in [2.05, 4.69) is 0 Å². The van der Waals surface area contributed by atoms with Crippen LogP contribution in [0.15, 0.2) is 0 Å². The summed E-state index contributed by atoms with van der Waals surface area (Å²) in [6.07, 6.45) is -7.49. The highest BCUT2D eigenvalue weighted by Gasteiger charge is 2.46. The van der Waals surface area contributed by atoms with Crippen molar-refractivity contribution in [1.82, 2.24) is 5.06 Å². The van der Waals surface area contributed by atoms with Gasteiger partial charge in [-0.3, -0.25) is 9.59 Å². The molecular formula is C10H15NO8. The molecule has 0 radical (unpaired) electrons. The zero-order valence-corrected chi connectivity index (χ0v) is 9.88. The van der Waals surface area contributed by atoms with E-state index in [4.69, 9.17) is 14.7 Å². The Morgan fingerprint density at radius 2 is 1.68 bits per heavy atom. The van der Waals surface area contributed by atoms with Crippen molar-refractivity contribution in [3.8, 4) is 0 Å². The van der Waals surface area contributed by atoms with E-state index >= 15 is 0 Å². The molecular weight excluding hydrogens is 262 g/mol. The van der Waals surface area contributed by atoms with E-state index in [0.717, 1.165) is 0 Å². The summed E-state index contributed by atoms with van der Waals surface area (Å²) in [5.74, 6) is -1.16. The van der Waals surface area contributed by atoms with Crippen molar-refractivity contribution in [2.24, 2.45) is 0 Å². The van der Waals surface area contributed by atoms with Gasteiger partial charge in [-0.1, -0.05) is 0 Å². The molecule has 2 aliphatic rings. The largest absolute Gasteiger partial charge is 0.394 e. The van der Waals surface area contributed by atoms with Gasteiger partial charge in [0.05, 0.1) is 6.61 Å². The topological polar surface area (TPSA) is 137 Å². The normalized spacial score (nSPS) is 40.0. The van der Waals surface area contributed by atoms with Crippen LogP contribution in [0.3, 0.4) is 0 Å². The second-order valence-electron chi connectivity index (χ2n) is 4.38. The van der Waals surface area contributed by atoms with E-state index in [0.29, 0.717) is 5.06 Å². The van der Waals surface area contributed by atoms with Crippen LogP contribution < -0.4 is 0 Å². The Bertz CT molecular complexity index is 357. The van der Waals surface area contributed by atoms with Crippen LogP contribution >= 0.6 is 0 Å². The molecule has 2 amide bonds. The van der Waals surface area contributed by atoms with E-state index < -0.39 is 49.1 Å². The average Bonchev–Trinajstić information content (AvgIpc) is 2.70. The first-order valence-electron chi connectivity index (χ1n) is 5.78. The second kappa shape index (κ2) is 5.49. The van der Waals surface area contributed by atoms with Crippen LogP contribution in [0.2, 0.25) is 0 Å². The molecule has 2 fully saturated rings. The van der Waals surface area contributed by atoms with Gasteiger partial charge in [0.2, 0.25) is 6.29 Å². The number of hydroxylamine groups is 2. The van der Waals surface area contributed by atoms with Crippen molar-refractivity contribution in [1.29, 1.82) is 0 Å². The van der Waals surface area contributed by atoms with Gasteiger partial charge in [0.1, 0.15) is 24.4 Å². The minimum Gasteiger partial charge on any atom is -0.394 e. The number of carbonyl (C=O) groups excluding carboxylic acids is 2. The highest BCUT2D eigenvalue weighted by molar-refractivity contribution is 6.00. The maximum atomic E-state index is 11.3. The molecule has 5 atom stereocenters. The fourth-order valence-corrected chi connectivity index (χ4v) is 1.93. The van der Waals surface area contributed by atoms with E-state index in [1.165, 1.54) is 0 Å². The molecule has 0 bridgehead atoms. The van der Waals surface area contributed by atoms with Crippen LogP contribution in [-0.2, 0) is 19.2 Å². The van der Waals surface area contributed by atoms with Crippen molar-refractivity contribution in [3.05, 3.63) is 0 Å². The zero-order valence-electron chi connectivity index (χ0n) is 9.88. The minimum absolute atomic E-state index is 0.00371. The number of rotatable bonds is 3. The molecule has 108 valence electrons. The molecule has 9 nitrogen and oxygen atoms in total. The van der Waals surface area contributed by atoms with Crippen molar-refractivity contribution < 1.29 is 39.6 Å². The van der Waals surface area contributed by atoms with Crippen LogP contribution in [0.5, 0.6) is 0 Å². The molecule has 9 heteroatoms. The lowest BCUT2D eigenvalue weighted by atomic mass is 9.99. The quantitative estimate of drug-likeness (QED) is 0.397. The van der Waals surface area contributed by atoms with Crippen molar-refractivity contribution >= 4 is 11.8 Å². The summed E-state index contributed by atoms with van der Waals surface area (Å²) in [6, 6.07) is 0. The molecule has 19 heavy (non-hydrogen) atoms. The van der Waals surface area contributed by atoms with Crippen LogP contribution in [0.4, 0.5) is 0 Å². The number of carbonyl (C=O) groups is 2. The van der Waals surface area contributed by atoms with Crippen LogP contribution in [0.1, 0.15) is 12.8 Å². The summed E-state index contributed by atoms with van der Waals surface area (Å²) >= 11 is 0. The highest BCUT2D eigenvalue weighted by atomic mass is 16.8. The Morgan fingerprint density at radius 1 is 1.11 bits per heavy atom. The zero-order chi connectivity index (χ0) is 14.2. The minimum atomic E-state index is -1.65. The monoisotopic (exact) mass is 277 g/mol. The SMILES string of the molecule is O=C1CCC(=O)N1O[C@@H]1OC(CO)[C@@H](O)[C@@H](O)C1O. The maximum Gasteiger partial charge on any atom is 0.254 e. The van der Waals surface area contributed by atoms with E-state index in [1.54, 1.807) is 0 Å². The Hall–Kier alpha value is -1.10. The molecule has 2 heterocycles. The molecule has 0 spiro atoms. The first-order chi connectivity index (χ1) is 8.95. The summed E-state index contributed by atoms with van der Waals surface area (Å²) < 4.78 is 5.01. The molecule has 2 saturated heterocycles. The fourth-order valence-electron chi connectivity index (χ4n) is 1.93. The fraction of sp³-hybridized carbons (Fsp3) is 0.800. The Balaban J connectivity index is 2.06. The Kier molecular flexibility index (Phi) is 4.13. The first kappa shape index (κ1) is 14.3. The van der Waals surface area contributed by atoms with E-state index in [1.807, 2.05) is 0 Å². The molecule has 2 aliphatic heterocycles. The molecule has 0 aromatic carbocycles. The second-order valence-corrected chi connectivity index (χ2v) is 4.38. The van der Waals surface area contributed by atoms with Gasteiger partial charge in [0, 0.05) is 12.8 Å². The van der Waals surface area contributed by atoms with Crippen LogP contribution in [0, 0.1) is 0 Å². The highest BCUT2D eigenvalue weighted by Crippen LogP contribution is 2.24. The predicted octanol–water partition coefficient (Wildman–Crippen LogP) is -3.13. The molecule has 2 rings (SSSR count). The lowest BCUT2D eigenvalue weighted by molar-refractivity contribution is -0.344. The summed E-state index contributed by atoms with van der Waals surface area (Å²) in [4.78, 5) is 27.6. The van der Waals surface area contributed by atoms with Gasteiger partial charge in [-0.15, -0.1) is 0 Å². The molecule has 4 N–H and O–H groups in total. The third-order valence-electron chi connectivity index (χ3n) is 3.06. The van der Waals surface area contributed by atoms with Crippen molar-refractivity contribution in [2.45, 2.75) is 43.5 Å². The van der Waals surface area contributed by atoms with Gasteiger partial charge < -0.3 is 25.2 Å². The molecule has 0 aromatic heterocycles. The molecule has 0 aromatic rings. The summed E-state index contributed by atoms with van der Waals surface area (Å²) in [5.41, 5.74) is 0. The van der Waals surface area contributed by atoms with Gasteiger partial charge in [0.15, 0.2) is 0 Å². The first-order valence-corrected chi connectivity index (χ1v) is 5.78. The third kappa shape index (κ3) is 2.61. The number of imide groups is 1. The van der Waals surface area contributed by atoms with Gasteiger partial charge in [-0.2, -0.15) is 5.06 Å². The number of amides is 2. The average molecular weight is 277 g/mol. The predicted molar refractivity (Wildman–Crippen MR) is 55.9 cm³/mol. The molecule has 2 unspecified atom stereocenters. The standard InChI is InChI=1S/C10H15NO8/c12-3-4-7(15)8(16)9(17)10(18-4)19-11-5(13)1-2-6(11)14/h4,7-10,12,15-17H,1-3H2/t4?,7-,8-,9?,10+/m1/s1. The maximum absolute atomic E-state index is 11.3. The summed E-state index contributed by atoms with van der Waals surface area (Å²) in [6.45, 7) is -0.618. The Morgan fingerprint density at radius 3 is 2.21 bits per heavy atom. The number of hydrogen-bond donors (Lipinski definition) is 4. The summed E-state index contributed by atoms with van der Waals surface area (Å²) in [7, 11) is 0. The summed E-state index contributed by atoms with van der Waals surface area (Å²) in [5, 5.41) is 38.2. The number of ether oxygens (including phenoxy) is 1. The lowest BCUT2D eigenvalue weighted by Gasteiger charge is -2.39. The van der Waals surface area contributed by atoms with Crippen LogP contribution in [0.25, 0.3) is 0 Å². The smallest absolute Gasteiger partial charge is 0.254 e. The van der Waals surface area contributed by atoms with Crippen molar-refractivity contribution in [2.75, 3.05) is 6.61 Å². The van der Waals surface area contributed by atoms with Crippen molar-refractivity contribution in [3.63, 3.8) is 0 Å². The Labute approximate surface area is 107 Å².